The van der Waals surface area contributed by atoms with Gasteiger partial charge in [0, 0.05) is 6.54 Å². The number of nitrogens with one attached hydrogen (secondary N) is 1. The van der Waals surface area contributed by atoms with E-state index in [4.69, 9.17) is 0 Å². The van der Waals surface area contributed by atoms with E-state index in [1.165, 1.54) is 24.0 Å². The molecule has 1 aliphatic heterocycles. The highest BCUT2D eigenvalue weighted by atomic mass is 16.2. The molecular weight excluding hydrogens is 248 g/mol. The van der Waals surface area contributed by atoms with E-state index in [0.717, 1.165) is 12.5 Å². The van der Waals surface area contributed by atoms with Crippen LogP contribution >= 0.6 is 0 Å². The fourth-order valence-corrected chi connectivity index (χ4v) is 2.79. The Labute approximate surface area is 121 Å². The molecule has 3 nitrogen and oxygen atoms in total. The minimum Gasteiger partial charge on any atom is -0.322 e. The molecule has 0 radical (unpaired) electrons. The summed E-state index contributed by atoms with van der Waals surface area (Å²) in [6, 6.07) is 8.71. The molecule has 1 saturated carbocycles. The molecule has 0 bridgehead atoms. The highest BCUT2D eigenvalue weighted by Crippen LogP contribution is 2.34. The Morgan fingerprint density at radius 3 is 2.40 bits per heavy atom. The SMILES string of the molecule is CC(C)(C)c1ccc(C2NCC(=O)N2CC2CC2)cc1. The quantitative estimate of drug-likeness (QED) is 0.917. The van der Waals surface area contributed by atoms with Crippen molar-refractivity contribution in [3.8, 4) is 0 Å². The summed E-state index contributed by atoms with van der Waals surface area (Å²) in [5.74, 6) is 0.969. The van der Waals surface area contributed by atoms with Gasteiger partial charge >= 0.3 is 0 Å². The highest BCUT2D eigenvalue weighted by Gasteiger charge is 2.35. The van der Waals surface area contributed by atoms with Gasteiger partial charge in [0.1, 0.15) is 6.17 Å². The van der Waals surface area contributed by atoms with Crippen LogP contribution in [0.3, 0.4) is 0 Å². The van der Waals surface area contributed by atoms with Crippen molar-refractivity contribution >= 4 is 5.91 Å². The van der Waals surface area contributed by atoms with Gasteiger partial charge in [0.25, 0.3) is 0 Å². The number of nitrogens with zero attached hydrogens (tertiary/aromatic N) is 1. The fraction of sp³-hybridized carbons (Fsp3) is 0.588. The van der Waals surface area contributed by atoms with Gasteiger partial charge in [0.2, 0.25) is 5.91 Å². The molecule has 3 rings (SSSR count). The molecule has 1 heterocycles. The average Bonchev–Trinajstić information content (AvgIpc) is 3.14. The van der Waals surface area contributed by atoms with Crippen LogP contribution < -0.4 is 5.32 Å². The first-order valence-corrected chi connectivity index (χ1v) is 7.58. The smallest absolute Gasteiger partial charge is 0.238 e. The minimum absolute atomic E-state index is 0.0668. The first kappa shape index (κ1) is 13.6. The van der Waals surface area contributed by atoms with Gasteiger partial charge in [-0.25, -0.2) is 0 Å². The molecule has 1 atom stereocenters. The van der Waals surface area contributed by atoms with Crippen molar-refractivity contribution < 1.29 is 4.79 Å². The Morgan fingerprint density at radius 1 is 1.20 bits per heavy atom. The molecule has 0 aromatic heterocycles. The van der Waals surface area contributed by atoms with Crippen LogP contribution in [0.5, 0.6) is 0 Å². The molecule has 108 valence electrons. The summed E-state index contributed by atoms with van der Waals surface area (Å²) in [7, 11) is 0. The third-order valence-electron chi connectivity index (χ3n) is 4.32. The van der Waals surface area contributed by atoms with Gasteiger partial charge in [0.05, 0.1) is 6.54 Å². The molecule has 20 heavy (non-hydrogen) atoms. The van der Waals surface area contributed by atoms with E-state index in [2.05, 4.69) is 50.4 Å². The summed E-state index contributed by atoms with van der Waals surface area (Å²) in [5, 5.41) is 3.34. The monoisotopic (exact) mass is 272 g/mol. The van der Waals surface area contributed by atoms with Crippen molar-refractivity contribution in [1.82, 2.24) is 10.2 Å². The molecule has 1 saturated heterocycles. The molecule has 2 aliphatic rings. The van der Waals surface area contributed by atoms with Gasteiger partial charge in [0.15, 0.2) is 0 Å². The van der Waals surface area contributed by atoms with Crippen LogP contribution in [0.2, 0.25) is 0 Å². The number of amides is 1. The van der Waals surface area contributed by atoms with E-state index in [1.54, 1.807) is 0 Å². The normalized spacial score (nSPS) is 23.4. The summed E-state index contributed by atoms with van der Waals surface area (Å²) in [6.07, 6.45) is 2.62. The maximum Gasteiger partial charge on any atom is 0.238 e. The molecular formula is C17H24N2O. The van der Waals surface area contributed by atoms with Crippen molar-refractivity contribution in [2.24, 2.45) is 5.92 Å². The Bertz CT molecular complexity index is 497. The predicted octanol–water partition coefficient (Wildman–Crippen LogP) is 2.82. The fourth-order valence-electron chi connectivity index (χ4n) is 2.79. The first-order valence-electron chi connectivity index (χ1n) is 7.58. The van der Waals surface area contributed by atoms with E-state index >= 15 is 0 Å². The Kier molecular flexibility index (Phi) is 3.33. The lowest BCUT2D eigenvalue weighted by Gasteiger charge is -2.26. The van der Waals surface area contributed by atoms with Gasteiger partial charge in [-0.15, -0.1) is 0 Å². The summed E-state index contributed by atoms with van der Waals surface area (Å²) >= 11 is 0. The van der Waals surface area contributed by atoms with Crippen LogP contribution in [-0.2, 0) is 10.2 Å². The zero-order chi connectivity index (χ0) is 14.3. The van der Waals surface area contributed by atoms with Gasteiger partial charge in [-0.05, 0) is 35.3 Å². The second-order valence-corrected chi connectivity index (χ2v) is 7.14. The third kappa shape index (κ3) is 2.73. The van der Waals surface area contributed by atoms with Gasteiger partial charge < -0.3 is 4.90 Å². The standard InChI is InChI=1S/C17H24N2O/c1-17(2,3)14-8-6-13(7-9-14)16-18-10-15(20)19(16)11-12-4-5-12/h6-9,12,16,18H,4-5,10-11H2,1-3H3. The van der Waals surface area contributed by atoms with Gasteiger partial charge in [-0.2, -0.15) is 0 Å². The lowest BCUT2D eigenvalue weighted by Crippen LogP contribution is -2.32. The Morgan fingerprint density at radius 2 is 1.85 bits per heavy atom. The largest absolute Gasteiger partial charge is 0.322 e. The van der Waals surface area contributed by atoms with E-state index in [9.17, 15) is 4.79 Å². The first-order chi connectivity index (χ1) is 9.45. The summed E-state index contributed by atoms with van der Waals surface area (Å²) < 4.78 is 0. The number of hydrogen-bond donors (Lipinski definition) is 1. The molecule has 3 heteroatoms. The van der Waals surface area contributed by atoms with Crippen molar-refractivity contribution in [1.29, 1.82) is 0 Å². The number of carbonyl (C=O) groups is 1. The van der Waals surface area contributed by atoms with Crippen molar-refractivity contribution in [3.05, 3.63) is 35.4 Å². The average molecular weight is 272 g/mol. The van der Waals surface area contributed by atoms with Crippen LogP contribution in [-0.4, -0.2) is 23.9 Å². The van der Waals surface area contributed by atoms with Gasteiger partial charge in [-0.3, -0.25) is 10.1 Å². The molecule has 1 unspecified atom stereocenters. The van der Waals surface area contributed by atoms with Crippen LogP contribution in [0, 0.1) is 5.92 Å². The Balaban J connectivity index is 1.78. The molecule has 1 aliphatic carbocycles. The number of benzene rings is 1. The van der Waals surface area contributed by atoms with Crippen molar-refractivity contribution in [2.75, 3.05) is 13.1 Å². The second kappa shape index (κ2) is 4.88. The zero-order valence-electron chi connectivity index (χ0n) is 12.6. The van der Waals surface area contributed by atoms with Crippen LogP contribution in [0.15, 0.2) is 24.3 Å². The van der Waals surface area contributed by atoms with E-state index in [0.29, 0.717) is 6.54 Å². The van der Waals surface area contributed by atoms with E-state index in [-0.39, 0.29) is 17.5 Å². The summed E-state index contributed by atoms with van der Waals surface area (Å²) in [4.78, 5) is 14.0. The van der Waals surface area contributed by atoms with Gasteiger partial charge in [-0.1, -0.05) is 45.0 Å². The maximum atomic E-state index is 12.0. The van der Waals surface area contributed by atoms with Crippen LogP contribution in [0.25, 0.3) is 0 Å². The molecule has 1 aromatic rings. The number of hydrogen-bond acceptors (Lipinski definition) is 2. The van der Waals surface area contributed by atoms with E-state index in [1.807, 2.05) is 4.90 Å². The number of carbonyl (C=O) groups excluding carboxylic acids is 1. The maximum absolute atomic E-state index is 12.0. The number of rotatable bonds is 3. The summed E-state index contributed by atoms with van der Waals surface area (Å²) in [5.41, 5.74) is 2.70. The lowest BCUT2D eigenvalue weighted by atomic mass is 9.86. The zero-order valence-corrected chi connectivity index (χ0v) is 12.6. The van der Waals surface area contributed by atoms with Crippen molar-refractivity contribution in [3.63, 3.8) is 0 Å². The second-order valence-electron chi connectivity index (χ2n) is 7.14. The molecule has 2 fully saturated rings. The lowest BCUT2D eigenvalue weighted by molar-refractivity contribution is -0.128. The molecule has 1 amide bonds. The Hall–Kier alpha value is -1.35. The molecule has 1 N–H and O–H groups in total. The van der Waals surface area contributed by atoms with E-state index < -0.39 is 0 Å². The summed E-state index contributed by atoms with van der Waals surface area (Å²) in [6.45, 7) is 8.05. The minimum atomic E-state index is 0.0668. The van der Waals surface area contributed by atoms with Crippen LogP contribution in [0.4, 0.5) is 0 Å². The topological polar surface area (TPSA) is 32.3 Å². The molecule has 1 aromatic carbocycles. The highest BCUT2D eigenvalue weighted by molar-refractivity contribution is 5.81. The third-order valence-corrected chi connectivity index (χ3v) is 4.32. The van der Waals surface area contributed by atoms with Crippen molar-refractivity contribution in [2.45, 2.75) is 45.2 Å². The predicted molar refractivity (Wildman–Crippen MR) is 80.3 cm³/mol. The molecule has 0 spiro atoms. The van der Waals surface area contributed by atoms with Crippen LogP contribution in [0.1, 0.15) is 50.9 Å².